The third-order valence-corrected chi connectivity index (χ3v) is 2.57. The molecule has 1 aromatic rings. The number of unbranched alkanes of at least 4 members (excludes halogenated alkanes) is 1. The molecule has 1 rings (SSSR count). The number of para-hydroxylation sites is 1. The van der Waals surface area contributed by atoms with Crippen LogP contribution in [-0.4, -0.2) is 26.7 Å². The van der Waals surface area contributed by atoms with Crippen LogP contribution in [0, 0.1) is 0 Å². The van der Waals surface area contributed by atoms with Gasteiger partial charge in [-0.3, -0.25) is 0 Å². The first kappa shape index (κ1) is 13.0. The van der Waals surface area contributed by atoms with Gasteiger partial charge in [-0.25, -0.2) is 0 Å². The van der Waals surface area contributed by atoms with Gasteiger partial charge < -0.3 is 15.8 Å². The lowest BCUT2D eigenvalue weighted by molar-refractivity contribution is 0.409. The summed E-state index contributed by atoms with van der Waals surface area (Å²) in [4.78, 5) is 0. The van der Waals surface area contributed by atoms with E-state index in [1.165, 1.54) is 5.56 Å². The first-order chi connectivity index (χ1) is 7.88. The van der Waals surface area contributed by atoms with Crippen molar-refractivity contribution >= 4 is 0 Å². The van der Waals surface area contributed by atoms with Gasteiger partial charge in [-0.1, -0.05) is 18.2 Å². The molecular weight excluding hydrogens is 200 g/mol. The second kappa shape index (κ2) is 8.13. The van der Waals surface area contributed by atoms with Crippen molar-refractivity contribution in [3.63, 3.8) is 0 Å². The third-order valence-electron chi connectivity index (χ3n) is 2.57. The second-order valence-electron chi connectivity index (χ2n) is 3.81. The summed E-state index contributed by atoms with van der Waals surface area (Å²) in [7, 11) is 1.72. The number of nitrogens with one attached hydrogen (secondary N) is 1. The molecule has 0 heterocycles. The SMILES string of the molecule is COc1ccccc1CCNCCCCN. The molecule has 0 radical (unpaired) electrons. The van der Waals surface area contributed by atoms with E-state index in [-0.39, 0.29) is 0 Å². The summed E-state index contributed by atoms with van der Waals surface area (Å²) < 4.78 is 5.30. The van der Waals surface area contributed by atoms with E-state index in [0.717, 1.165) is 44.6 Å². The molecule has 0 amide bonds. The van der Waals surface area contributed by atoms with E-state index in [4.69, 9.17) is 10.5 Å². The largest absolute Gasteiger partial charge is 0.496 e. The molecule has 0 unspecified atom stereocenters. The molecule has 0 saturated carbocycles. The van der Waals surface area contributed by atoms with E-state index < -0.39 is 0 Å². The van der Waals surface area contributed by atoms with Crippen molar-refractivity contribution in [2.45, 2.75) is 19.3 Å². The lowest BCUT2D eigenvalue weighted by atomic mass is 10.1. The minimum atomic E-state index is 0.786. The molecule has 0 fully saturated rings. The predicted molar refractivity (Wildman–Crippen MR) is 67.9 cm³/mol. The monoisotopic (exact) mass is 222 g/mol. The van der Waals surface area contributed by atoms with Gasteiger partial charge in [0, 0.05) is 0 Å². The smallest absolute Gasteiger partial charge is 0.122 e. The molecule has 3 N–H and O–H groups in total. The van der Waals surface area contributed by atoms with Crippen LogP contribution in [0.15, 0.2) is 24.3 Å². The van der Waals surface area contributed by atoms with Gasteiger partial charge in [-0.05, 0) is 50.5 Å². The molecule has 0 bridgehead atoms. The maximum atomic E-state index is 5.43. The Balaban J connectivity index is 2.21. The molecule has 3 heteroatoms. The van der Waals surface area contributed by atoms with Gasteiger partial charge in [0.25, 0.3) is 0 Å². The number of hydrogen-bond acceptors (Lipinski definition) is 3. The molecule has 0 spiro atoms. The lowest BCUT2D eigenvalue weighted by Gasteiger charge is -2.08. The fourth-order valence-corrected chi connectivity index (χ4v) is 1.65. The number of benzene rings is 1. The standard InChI is InChI=1S/C13H22N2O/c1-16-13-7-3-2-6-12(13)8-11-15-10-5-4-9-14/h2-3,6-7,15H,4-5,8-11,14H2,1H3. The minimum Gasteiger partial charge on any atom is -0.496 e. The lowest BCUT2D eigenvalue weighted by Crippen LogP contribution is -2.19. The summed E-state index contributed by atoms with van der Waals surface area (Å²) in [6.45, 7) is 2.82. The zero-order chi connectivity index (χ0) is 11.6. The summed E-state index contributed by atoms with van der Waals surface area (Å²) >= 11 is 0. The molecule has 3 nitrogen and oxygen atoms in total. The van der Waals surface area contributed by atoms with Crippen LogP contribution in [0.4, 0.5) is 0 Å². The van der Waals surface area contributed by atoms with Gasteiger partial charge >= 0.3 is 0 Å². The van der Waals surface area contributed by atoms with E-state index in [9.17, 15) is 0 Å². The molecule has 0 aliphatic rings. The number of nitrogens with two attached hydrogens (primary N) is 1. The fraction of sp³-hybridized carbons (Fsp3) is 0.538. The van der Waals surface area contributed by atoms with Gasteiger partial charge in [-0.15, -0.1) is 0 Å². The highest BCUT2D eigenvalue weighted by Crippen LogP contribution is 2.17. The van der Waals surface area contributed by atoms with Crippen LogP contribution < -0.4 is 15.8 Å². The Hall–Kier alpha value is -1.06. The zero-order valence-electron chi connectivity index (χ0n) is 10.0. The Morgan fingerprint density at radius 1 is 1.19 bits per heavy atom. The Bertz CT molecular complexity index is 289. The highest BCUT2D eigenvalue weighted by atomic mass is 16.5. The second-order valence-corrected chi connectivity index (χ2v) is 3.81. The molecule has 16 heavy (non-hydrogen) atoms. The average Bonchev–Trinajstić information content (AvgIpc) is 2.34. The van der Waals surface area contributed by atoms with Crippen molar-refractivity contribution < 1.29 is 4.74 Å². The highest BCUT2D eigenvalue weighted by molar-refractivity contribution is 5.33. The van der Waals surface area contributed by atoms with Crippen LogP contribution in [0.2, 0.25) is 0 Å². The summed E-state index contributed by atoms with van der Waals surface area (Å²) in [5.41, 5.74) is 6.69. The molecule has 0 saturated heterocycles. The maximum Gasteiger partial charge on any atom is 0.122 e. The van der Waals surface area contributed by atoms with Gasteiger partial charge in [0.1, 0.15) is 5.75 Å². The van der Waals surface area contributed by atoms with E-state index in [1.807, 2.05) is 18.2 Å². The predicted octanol–water partition coefficient (Wildman–Crippen LogP) is 1.57. The maximum absolute atomic E-state index is 5.43. The quantitative estimate of drug-likeness (QED) is 0.656. The summed E-state index contributed by atoms with van der Waals surface area (Å²) in [6.07, 6.45) is 3.26. The molecule has 0 aromatic heterocycles. The van der Waals surface area contributed by atoms with Crippen LogP contribution in [0.3, 0.4) is 0 Å². The van der Waals surface area contributed by atoms with Crippen molar-refractivity contribution in [1.82, 2.24) is 5.32 Å². The highest BCUT2D eigenvalue weighted by Gasteiger charge is 2.00. The van der Waals surface area contributed by atoms with Crippen molar-refractivity contribution in [2.24, 2.45) is 5.73 Å². The summed E-state index contributed by atoms with van der Waals surface area (Å²) in [6, 6.07) is 8.16. The molecular formula is C13H22N2O. The minimum absolute atomic E-state index is 0.786. The van der Waals surface area contributed by atoms with Gasteiger partial charge in [0.2, 0.25) is 0 Å². The van der Waals surface area contributed by atoms with Crippen LogP contribution in [0.25, 0.3) is 0 Å². The van der Waals surface area contributed by atoms with E-state index in [1.54, 1.807) is 7.11 Å². The topological polar surface area (TPSA) is 47.3 Å². The Morgan fingerprint density at radius 3 is 2.75 bits per heavy atom. The molecule has 0 aliphatic heterocycles. The first-order valence-electron chi connectivity index (χ1n) is 5.91. The summed E-state index contributed by atoms with van der Waals surface area (Å²) in [5.74, 6) is 0.978. The van der Waals surface area contributed by atoms with Crippen LogP contribution >= 0.6 is 0 Å². The average molecular weight is 222 g/mol. The van der Waals surface area contributed by atoms with Crippen molar-refractivity contribution in [3.05, 3.63) is 29.8 Å². The Kier molecular flexibility index (Phi) is 6.61. The van der Waals surface area contributed by atoms with Crippen LogP contribution in [0.1, 0.15) is 18.4 Å². The van der Waals surface area contributed by atoms with Crippen molar-refractivity contribution in [1.29, 1.82) is 0 Å². The van der Waals surface area contributed by atoms with Gasteiger partial charge in [-0.2, -0.15) is 0 Å². The molecule has 0 atom stereocenters. The Morgan fingerprint density at radius 2 is 2.00 bits per heavy atom. The third kappa shape index (κ3) is 4.64. The summed E-state index contributed by atoms with van der Waals surface area (Å²) in [5, 5.41) is 3.41. The van der Waals surface area contributed by atoms with Gasteiger partial charge in [0.15, 0.2) is 0 Å². The number of ether oxygens (including phenoxy) is 1. The number of methoxy groups -OCH3 is 1. The van der Waals surface area contributed by atoms with Crippen molar-refractivity contribution in [3.8, 4) is 5.75 Å². The van der Waals surface area contributed by atoms with E-state index >= 15 is 0 Å². The fourth-order valence-electron chi connectivity index (χ4n) is 1.65. The normalized spacial score (nSPS) is 10.4. The molecule has 1 aromatic carbocycles. The zero-order valence-corrected chi connectivity index (χ0v) is 10.0. The van der Waals surface area contributed by atoms with Crippen LogP contribution in [0.5, 0.6) is 5.75 Å². The van der Waals surface area contributed by atoms with Crippen LogP contribution in [-0.2, 0) is 6.42 Å². The van der Waals surface area contributed by atoms with E-state index in [2.05, 4.69) is 11.4 Å². The molecule has 0 aliphatic carbocycles. The van der Waals surface area contributed by atoms with Crippen molar-refractivity contribution in [2.75, 3.05) is 26.7 Å². The number of hydrogen-bond donors (Lipinski definition) is 2. The molecule has 90 valence electrons. The van der Waals surface area contributed by atoms with E-state index in [0.29, 0.717) is 0 Å². The Labute approximate surface area is 98.0 Å². The van der Waals surface area contributed by atoms with Gasteiger partial charge in [0.05, 0.1) is 7.11 Å². The first-order valence-corrected chi connectivity index (χ1v) is 5.91. The number of rotatable bonds is 8.